The van der Waals surface area contributed by atoms with Crippen LogP contribution < -0.4 is 0 Å². The lowest BCUT2D eigenvalue weighted by molar-refractivity contribution is 0.531. The zero-order chi connectivity index (χ0) is 18.0. The third kappa shape index (κ3) is 3.01. The van der Waals surface area contributed by atoms with Crippen molar-refractivity contribution in [1.29, 1.82) is 0 Å². The number of sulfone groups is 1. The number of rotatable bonds is 6. The zero-order valence-corrected chi connectivity index (χ0v) is 14.2. The fourth-order valence-corrected chi connectivity index (χ4v) is 4.57. The highest BCUT2D eigenvalue weighted by Crippen LogP contribution is 2.41. The smallest absolute Gasteiger partial charge is 0.192 e. The standard InChI is InChI=1S/C18H15ClF2O2S/c1-3-11-18(4-2,16-12-14(20)7-10-17(16)21)24(22,23)15-8-5-13(19)6-9-15/h3-10,12H,1-2,11H2. The Hall–Kier alpha value is -1.98. The summed E-state index contributed by atoms with van der Waals surface area (Å²) in [5.74, 6) is -1.58. The summed E-state index contributed by atoms with van der Waals surface area (Å²) >= 11 is 5.79. The van der Waals surface area contributed by atoms with Crippen molar-refractivity contribution in [1.82, 2.24) is 0 Å². The van der Waals surface area contributed by atoms with E-state index in [1.807, 2.05) is 0 Å². The van der Waals surface area contributed by atoms with Gasteiger partial charge in [0.15, 0.2) is 9.84 Å². The van der Waals surface area contributed by atoms with Crippen molar-refractivity contribution in [3.05, 3.63) is 90.0 Å². The van der Waals surface area contributed by atoms with Crippen molar-refractivity contribution >= 4 is 21.4 Å². The van der Waals surface area contributed by atoms with Gasteiger partial charge in [-0.3, -0.25) is 0 Å². The van der Waals surface area contributed by atoms with Gasteiger partial charge >= 0.3 is 0 Å². The fourth-order valence-electron chi connectivity index (χ4n) is 2.53. The highest BCUT2D eigenvalue weighted by Gasteiger charge is 2.44. The molecule has 6 heteroatoms. The molecule has 0 aromatic heterocycles. The molecule has 0 fully saturated rings. The summed E-state index contributed by atoms with van der Waals surface area (Å²) in [6.45, 7) is 7.11. The predicted molar refractivity (Wildman–Crippen MR) is 91.7 cm³/mol. The molecule has 2 nitrogen and oxygen atoms in total. The maximum absolute atomic E-state index is 14.4. The van der Waals surface area contributed by atoms with Gasteiger partial charge in [0.1, 0.15) is 16.4 Å². The normalized spacial score (nSPS) is 14.0. The van der Waals surface area contributed by atoms with Crippen molar-refractivity contribution in [2.75, 3.05) is 0 Å². The molecule has 0 aliphatic rings. The second kappa shape index (κ2) is 6.87. The molecule has 0 radical (unpaired) electrons. The first-order valence-electron chi connectivity index (χ1n) is 6.98. The minimum atomic E-state index is -4.14. The molecule has 0 saturated heterocycles. The van der Waals surface area contributed by atoms with E-state index in [1.54, 1.807) is 0 Å². The summed E-state index contributed by atoms with van der Waals surface area (Å²) in [7, 11) is -4.14. The van der Waals surface area contributed by atoms with Gasteiger partial charge in [0.05, 0.1) is 4.90 Å². The van der Waals surface area contributed by atoms with Crippen LogP contribution in [0.25, 0.3) is 0 Å². The van der Waals surface area contributed by atoms with Gasteiger partial charge in [0.25, 0.3) is 0 Å². The van der Waals surface area contributed by atoms with Crippen molar-refractivity contribution in [3.63, 3.8) is 0 Å². The molecule has 126 valence electrons. The highest BCUT2D eigenvalue weighted by molar-refractivity contribution is 7.92. The largest absolute Gasteiger partial charge is 0.222 e. The predicted octanol–water partition coefficient (Wildman–Crippen LogP) is 5.05. The molecule has 0 heterocycles. The maximum Gasteiger partial charge on any atom is 0.192 e. The SMILES string of the molecule is C=CCC(C=C)(c1cc(F)ccc1F)S(=O)(=O)c1ccc(Cl)cc1. The van der Waals surface area contributed by atoms with Crippen LogP contribution in [0.2, 0.25) is 5.02 Å². The number of halogens is 3. The molecule has 0 aliphatic heterocycles. The summed E-state index contributed by atoms with van der Waals surface area (Å²) in [5, 5.41) is 0.360. The Morgan fingerprint density at radius 2 is 1.71 bits per heavy atom. The first-order chi connectivity index (χ1) is 11.3. The lowest BCUT2D eigenvalue weighted by atomic mass is 9.94. The highest BCUT2D eigenvalue weighted by atomic mass is 35.5. The van der Waals surface area contributed by atoms with Crippen LogP contribution in [0.3, 0.4) is 0 Å². The Kier molecular flexibility index (Phi) is 5.26. The molecular weight excluding hydrogens is 354 g/mol. The molecule has 2 aromatic rings. The molecule has 0 spiro atoms. The van der Waals surface area contributed by atoms with E-state index in [9.17, 15) is 17.2 Å². The van der Waals surface area contributed by atoms with Crippen LogP contribution in [0.5, 0.6) is 0 Å². The third-order valence-corrected chi connectivity index (χ3v) is 6.42. The number of allylic oxidation sites excluding steroid dienone is 1. The van der Waals surface area contributed by atoms with E-state index in [4.69, 9.17) is 11.6 Å². The Bertz CT molecular complexity index is 876. The summed E-state index contributed by atoms with van der Waals surface area (Å²) in [5.41, 5.74) is -0.313. The van der Waals surface area contributed by atoms with Crippen LogP contribution in [0.1, 0.15) is 12.0 Å². The van der Waals surface area contributed by atoms with E-state index in [1.165, 1.54) is 30.3 Å². The van der Waals surface area contributed by atoms with E-state index >= 15 is 0 Å². The van der Waals surface area contributed by atoms with Crippen LogP contribution in [0.4, 0.5) is 8.78 Å². The molecular formula is C18H15ClF2O2S. The average molecular weight is 369 g/mol. The van der Waals surface area contributed by atoms with E-state index in [-0.39, 0.29) is 16.9 Å². The van der Waals surface area contributed by atoms with Crippen LogP contribution in [0, 0.1) is 11.6 Å². The zero-order valence-electron chi connectivity index (χ0n) is 12.7. The molecule has 2 rings (SSSR count). The number of hydrogen-bond acceptors (Lipinski definition) is 2. The lowest BCUT2D eigenvalue weighted by Crippen LogP contribution is -2.34. The summed E-state index contributed by atoms with van der Waals surface area (Å²) in [4.78, 5) is -0.0719. The molecule has 0 N–H and O–H groups in total. The van der Waals surface area contributed by atoms with Crippen LogP contribution >= 0.6 is 11.6 Å². The number of hydrogen-bond donors (Lipinski definition) is 0. The van der Waals surface area contributed by atoms with E-state index in [0.29, 0.717) is 5.02 Å². The Morgan fingerprint density at radius 3 is 2.25 bits per heavy atom. The monoisotopic (exact) mass is 368 g/mol. The minimum absolute atomic E-state index is 0.0719. The van der Waals surface area contributed by atoms with Gasteiger partial charge in [-0.1, -0.05) is 23.8 Å². The van der Waals surface area contributed by atoms with Gasteiger partial charge in [0, 0.05) is 10.6 Å². The second-order valence-electron chi connectivity index (χ2n) is 5.17. The van der Waals surface area contributed by atoms with E-state index in [2.05, 4.69) is 13.2 Å². The van der Waals surface area contributed by atoms with Crippen molar-refractivity contribution in [2.24, 2.45) is 0 Å². The first kappa shape index (κ1) is 18.4. The topological polar surface area (TPSA) is 34.1 Å². The molecule has 0 amide bonds. The average Bonchev–Trinajstić information content (AvgIpc) is 2.55. The van der Waals surface area contributed by atoms with Crippen molar-refractivity contribution in [2.45, 2.75) is 16.1 Å². The molecule has 2 aromatic carbocycles. The first-order valence-corrected chi connectivity index (χ1v) is 8.85. The summed E-state index contributed by atoms with van der Waals surface area (Å²) in [6.07, 6.45) is 2.28. The Balaban J connectivity index is 2.80. The van der Waals surface area contributed by atoms with Gasteiger partial charge in [-0.2, -0.15) is 0 Å². The quantitative estimate of drug-likeness (QED) is 0.668. The van der Waals surface area contributed by atoms with E-state index < -0.39 is 26.2 Å². The van der Waals surface area contributed by atoms with Gasteiger partial charge in [0.2, 0.25) is 0 Å². The van der Waals surface area contributed by atoms with Crippen LogP contribution in [0.15, 0.2) is 72.7 Å². The summed E-state index contributed by atoms with van der Waals surface area (Å²) < 4.78 is 52.5. The minimum Gasteiger partial charge on any atom is -0.222 e. The van der Waals surface area contributed by atoms with Crippen LogP contribution in [-0.4, -0.2) is 8.42 Å². The van der Waals surface area contributed by atoms with Gasteiger partial charge < -0.3 is 0 Å². The molecule has 0 aliphatic carbocycles. The van der Waals surface area contributed by atoms with Crippen molar-refractivity contribution < 1.29 is 17.2 Å². The van der Waals surface area contributed by atoms with Gasteiger partial charge in [-0.25, -0.2) is 17.2 Å². The molecule has 1 atom stereocenters. The number of benzene rings is 2. The third-order valence-electron chi connectivity index (χ3n) is 3.77. The Morgan fingerprint density at radius 1 is 1.08 bits per heavy atom. The Labute approximate surface area is 145 Å². The van der Waals surface area contributed by atoms with Gasteiger partial charge in [-0.05, 0) is 48.9 Å². The summed E-state index contributed by atoms with van der Waals surface area (Å²) in [6, 6.07) is 8.15. The van der Waals surface area contributed by atoms with Gasteiger partial charge in [-0.15, -0.1) is 13.2 Å². The molecule has 1 unspecified atom stereocenters. The van der Waals surface area contributed by atoms with Crippen molar-refractivity contribution in [3.8, 4) is 0 Å². The van der Waals surface area contributed by atoms with E-state index in [0.717, 1.165) is 24.3 Å². The second-order valence-corrected chi connectivity index (χ2v) is 7.81. The molecule has 0 saturated carbocycles. The molecule has 24 heavy (non-hydrogen) atoms. The maximum atomic E-state index is 14.4. The lowest BCUT2D eigenvalue weighted by Gasteiger charge is -2.30. The molecule has 0 bridgehead atoms. The fraction of sp³-hybridized carbons (Fsp3) is 0.111. The van der Waals surface area contributed by atoms with Crippen LogP contribution in [-0.2, 0) is 14.6 Å².